The molecular formula is C17H17ClN4OS. The Labute approximate surface area is 150 Å². The maximum Gasteiger partial charge on any atom is 0.275 e. The van der Waals surface area contributed by atoms with Crippen molar-refractivity contribution in [3.63, 3.8) is 0 Å². The van der Waals surface area contributed by atoms with Crippen molar-refractivity contribution in [2.45, 2.75) is 20.0 Å². The molecule has 24 heavy (non-hydrogen) atoms. The van der Waals surface area contributed by atoms with Gasteiger partial charge < -0.3 is 15.2 Å². The predicted octanol–water partition coefficient (Wildman–Crippen LogP) is 2.97. The fourth-order valence-corrected chi connectivity index (χ4v) is 3.07. The zero-order chi connectivity index (χ0) is 17.1. The van der Waals surface area contributed by atoms with Crippen LogP contribution in [0.2, 0.25) is 5.02 Å². The van der Waals surface area contributed by atoms with Crippen molar-refractivity contribution in [1.29, 1.82) is 0 Å². The van der Waals surface area contributed by atoms with Crippen LogP contribution >= 0.6 is 23.8 Å². The summed E-state index contributed by atoms with van der Waals surface area (Å²) in [6.07, 6.45) is 1.74. The molecule has 0 radical (unpaired) electrons. The monoisotopic (exact) mass is 360 g/mol. The first-order valence-electron chi connectivity index (χ1n) is 7.63. The molecule has 5 nitrogen and oxygen atoms in total. The fourth-order valence-electron chi connectivity index (χ4n) is 2.71. The molecule has 0 fully saturated rings. The van der Waals surface area contributed by atoms with Crippen LogP contribution in [0.3, 0.4) is 0 Å². The van der Waals surface area contributed by atoms with Crippen LogP contribution < -0.4 is 15.5 Å². The van der Waals surface area contributed by atoms with Gasteiger partial charge in [0.05, 0.1) is 12.2 Å². The smallest absolute Gasteiger partial charge is 0.275 e. The zero-order valence-corrected chi connectivity index (χ0v) is 14.7. The molecule has 1 aliphatic rings. The summed E-state index contributed by atoms with van der Waals surface area (Å²) in [4.78, 5) is 17.0. The van der Waals surface area contributed by atoms with Gasteiger partial charge in [-0.25, -0.2) is 0 Å². The van der Waals surface area contributed by atoms with E-state index < -0.39 is 0 Å². The number of nitrogens with zero attached hydrogens (tertiary/aromatic N) is 1. The average molecular weight is 361 g/mol. The Morgan fingerprint density at radius 2 is 2.17 bits per heavy atom. The number of fused-ring (bicyclic) bond motifs is 1. The van der Waals surface area contributed by atoms with Gasteiger partial charge in [-0.2, -0.15) is 0 Å². The molecule has 1 amide bonds. The predicted molar refractivity (Wildman–Crippen MR) is 99.4 cm³/mol. The third-order valence-electron chi connectivity index (χ3n) is 3.90. The maximum atomic E-state index is 12.1. The normalized spacial score (nSPS) is 13.5. The average Bonchev–Trinajstić information content (AvgIpc) is 3.07. The van der Waals surface area contributed by atoms with Gasteiger partial charge in [-0.15, -0.1) is 0 Å². The Bertz CT molecular complexity index is 826. The number of carbonyl (C=O) groups is 1. The summed E-state index contributed by atoms with van der Waals surface area (Å²) < 4.78 is 0. The highest BCUT2D eigenvalue weighted by atomic mass is 35.5. The lowest BCUT2D eigenvalue weighted by molar-refractivity contribution is 0.0957. The third-order valence-corrected chi connectivity index (χ3v) is 4.33. The second-order valence-electron chi connectivity index (χ2n) is 5.42. The number of anilines is 1. The quantitative estimate of drug-likeness (QED) is 0.717. The van der Waals surface area contributed by atoms with E-state index in [1.807, 2.05) is 29.2 Å². The highest BCUT2D eigenvalue weighted by Gasteiger charge is 2.28. The first-order valence-corrected chi connectivity index (χ1v) is 8.42. The Kier molecular flexibility index (Phi) is 5.02. The number of halogens is 1. The van der Waals surface area contributed by atoms with Crippen molar-refractivity contribution >= 4 is 40.4 Å². The lowest BCUT2D eigenvalue weighted by atomic mass is 10.1. The lowest BCUT2D eigenvalue weighted by Gasteiger charge is -2.30. The molecule has 2 aromatic rings. The number of thiocarbonyl (C=S) groups is 1. The molecule has 1 aliphatic heterocycles. The Morgan fingerprint density at radius 1 is 1.33 bits per heavy atom. The number of hydrogen-bond acceptors (Lipinski definition) is 4. The highest BCUT2D eigenvalue weighted by molar-refractivity contribution is 7.78. The SMILES string of the molecule is CCNCc1cc(Cl)ccc1CN1C(=C=S)NC(=O)c2[nH]ccc21. The summed E-state index contributed by atoms with van der Waals surface area (Å²) in [6.45, 7) is 4.22. The summed E-state index contributed by atoms with van der Waals surface area (Å²) >= 11 is 11.1. The molecule has 0 bridgehead atoms. The van der Waals surface area contributed by atoms with Crippen molar-refractivity contribution in [2.24, 2.45) is 0 Å². The number of nitrogens with one attached hydrogen (secondary N) is 3. The molecular weight excluding hydrogens is 344 g/mol. The topological polar surface area (TPSA) is 60.2 Å². The number of aromatic nitrogens is 1. The van der Waals surface area contributed by atoms with Gasteiger partial charge in [0, 0.05) is 17.8 Å². The lowest BCUT2D eigenvalue weighted by Crippen LogP contribution is -2.41. The van der Waals surface area contributed by atoms with Crippen molar-refractivity contribution < 1.29 is 4.79 Å². The number of benzene rings is 1. The van der Waals surface area contributed by atoms with Crippen LogP contribution in [0.4, 0.5) is 5.69 Å². The molecule has 0 unspecified atom stereocenters. The Morgan fingerprint density at radius 3 is 2.92 bits per heavy atom. The van der Waals surface area contributed by atoms with E-state index in [4.69, 9.17) is 23.8 Å². The van der Waals surface area contributed by atoms with Gasteiger partial charge in [-0.3, -0.25) is 10.1 Å². The molecule has 0 saturated heterocycles. The summed E-state index contributed by atoms with van der Waals surface area (Å²) in [5.41, 5.74) is 3.52. The minimum atomic E-state index is -0.206. The number of aromatic amines is 1. The van der Waals surface area contributed by atoms with Gasteiger partial charge in [0.15, 0.2) is 5.82 Å². The van der Waals surface area contributed by atoms with E-state index in [-0.39, 0.29) is 5.91 Å². The molecule has 3 rings (SSSR count). The number of amides is 1. The molecule has 7 heteroatoms. The molecule has 0 saturated carbocycles. The summed E-state index contributed by atoms with van der Waals surface area (Å²) in [5, 5.41) is 9.44. The molecule has 124 valence electrons. The second-order valence-corrected chi connectivity index (χ2v) is 6.06. The van der Waals surface area contributed by atoms with E-state index in [9.17, 15) is 4.79 Å². The van der Waals surface area contributed by atoms with Crippen LogP contribution in [0.1, 0.15) is 28.5 Å². The van der Waals surface area contributed by atoms with Crippen molar-refractivity contribution in [3.8, 4) is 0 Å². The van der Waals surface area contributed by atoms with Gasteiger partial charge >= 0.3 is 0 Å². The van der Waals surface area contributed by atoms with Crippen LogP contribution in [0, 0.1) is 0 Å². The first kappa shape index (κ1) is 16.7. The zero-order valence-electron chi connectivity index (χ0n) is 13.1. The van der Waals surface area contributed by atoms with Gasteiger partial charge in [-0.1, -0.05) is 24.6 Å². The summed E-state index contributed by atoms with van der Waals surface area (Å²) in [5.74, 6) is 0.272. The number of rotatable bonds is 5. The van der Waals surface area contributed by atoms with E-state index in [0.717, 1.165) is 29.9 Å². The van der Waals surface area contributed by atoms with E-state index in [2.05, 4.69) is 27.6 Å². The molecule has 0 atom stereocenters. The minimum Gasteiger partial charge on any atom is -0.355 e. The van der Waals surface area contributed by atoms with Crippen LogP contribution in [-0.2, 0) is 13.1 Å². The van der Waals surface area contributed by atoms with Crippen LogP contribution in [0.15, 0.2) is 36.3 Å². The Hall–Kier alpha value is -2.11. The van der Waals surface area contributed by atoms with Crippen LogP contribution in [0.25, 0.3) is 0 Å². The van der Waals surface area contributed by atoms with Gasteiger partial charge in [0.1, 0.15) is 5.69 Å². The summed E-state index contributed by atoms with van der Waals surface area (Å²) in [7, 11) is 0. The summed E-state index contributed by atoms with van der Waals surface area (Å²) in [6, 6.07) is 7.69. The van der Waals surface area contributed by atoms with E-state index in [1.54, 1.807) is 6.20 Å². The maximum absolute atomic E-state index is 12.1. The molecule has 0 spiro atoms. The highest BCUT2D eigenvalue weighted by Crippen LogP contribution is 2.29. The van der Waals surface area contributed by atoms with Crippen LogP contribution in [0.5, 0.6) is 0 Å². The molecule has 1 aromatic carbocycles. The molecule has 2 heterocycles. The van der Waals surface area contributed by atoms with Gasteiger partial charge in [0.25, 0.3) is 5.91 Å². The van der Waals surface area contributed by atoms with Crippen molar-refractivity contribution in [3.05, 3.63) is 58.1 Å². The molecule has 0 aliphatic carbocycles. The number of carbonyl (C=O) groups excluding carboxylic acids is 1. The molecule has 1 aromatic heterocycles. The van der Waals surface area contributed by atoms with Gasteiger partial charge in [0.2, 0.25) is 0 Å². The second kappa shape index (κ2) is 7.20. The van der Waals surface area contributed by atoms with E-state index >= 15 is 0 Å². The van der Waals surface area contributed by atoms with Crippen molar-refractivity contribution in [1.82, 2.24) is 15.6 Å². The standard InChI is InChI=1S/C17H17ClN4OS/c1-2-19-8-12-7-13(18)4-3-11(12)9-22-14-5-6-20-16(14)17(23)21-15(22)10-24/h3-7,19-20H,2,8-9H2,1H3,(H,21,23). The largest absolute Gasteiger partial charge is 0.355 e. The molecule has 3 N–H and O–H groups in total. The first-order chi connectivity index (χ1) is 11.6. The van der Waals surface area contributed by atoms with Gasteiger partial charge in [-0.05, 0) is 53.1 Å². The van der Waals surface area contributed by atoms with E-state index in [1.165, 1.54) is 0 Å². The Balaban J connectivity index is 1.97. The van der Waals surface area contributed by atoms with E-state index in [0.29, 0.717) is 23.1 Å². The third kappa shape index (κ3) is 3.23. The van der Waals surface area contributed by atoms with Crippen molar-refractivity contribution in [2.75, 3.05) is 11.4 Å². The van der Waals surface area contributed by atoms with Crippen LogP contribution in [-0.4, -0.2) is 22.5 Å². The number of hydrogen-bond donors (Lipinski definition) is 3. The number of H-pyrrole nitrogens is 1. The fraction of sp³-hybridized carbons (Fsp3) is 0.235. The minimum absolute atomic E-state index is 0.206.